The lowest BCUT2D eigenvalue weighted by Gasteiger charge is -2.21. The van der Waals surface area contributed by atoms with Crippen LogP contribution in [0, 0.1) is 0 Å². The molecular weight excluding hydrogens is 300 g/mol. The second kappa shape index (κ2) is 9.55. The van der Waals surface area contributed by atoms with Crippen molar-refractivity contribution in [2.45, 2.75) is 26.2 Å². The largest absolute Gasteiger partial charge is 0.494 e. The third-order valence-electron chi connectivity index (χ3n) is 2.87. The number of hydrogen-bond donors (Lipinski definition) is 0. The molecule has 0 radical (unpaired) electrons. The van der Waals surface area contributed by atoms with Crippen LogP contribution in [0.25, 0.3) is 0 Å². The molecule has 0 atom stereocenters. The Morgan fingerprint density at radius 3 is 2.52 bits per heavy atom. The van der Waals surface area contributed by atoms with Gasteiger partial charge in [-0.3, -0.25) is 4.79 Å². The van der Waals surface area contributed by atoms with Crippen LogP contribution in [-0.4, -0.2) is 42.8 Å². The van der Waals surface area contributed by atoms with Gasteiger partial charge < -0.3 is 9.64 Å². The summed E-state index contributed by atoms with van der Waals surface area (Å²) in [6.45, 7) is 2.17. The lowest BCUT2D eigenvalue weighted by Crippen LogP contribution is -2.36. The average molecular weight is 320 g/mol. The zero-order valence-corrected chi connectivity index (χ0v) is 12.8. The molecule has 1 aromatic carbocycles. The second-order valence-electron chi connectivity index (χ2n) is 4.56. The van der Waals surface area contributed by atoms with Crippen LogP contribution >= 0.6 is 11.6 Å². The van der Waals surface area contributed by atoms with Gasteiger partial charge in [0.15, 0.2) is 0 Å². The van der Waals surface area contributed by atoms with Gasteiger partial charge in [-0.15, -0.1) is 11.6 Å². The molecule has 118 valence electrons. The minimum absolute atomic E-state index is 0.0967. The van der Waals surface area contributed by atoms with Crippen LogP contribution in [0.1, 0.15) is 30.1 Å². The highest BCUT2D eigenvalue weighted by Gasteiger charge is 2.19. The van der Waals surface area contributed by atoms with E-state index in [2.05, 4.69) is 6.92 Å². The Labute approximate surface area is 128 Å². The predicted octanol–water partition coefficient (Wildman–Crippen LogP) is 3.81. The highest BCUT2D eigenvalue weighted by Crippen LogP contribution is 2.15. The second-order valence-corrected chi connectivity index (χ2v) is 4.94. The number of carbonyl (C=O) groups excluding carboxylic acids is 1. The molecular formula is C15H20ClF2NO2. The third-order valence-corrected chi connectivity index (χ3v) is 3.04. The molecule has 0 heterocycles. The third kappa shape index (κ3) is 6.29. The first-order valence-electron chi connectivity index (χ1n) is 6.94. The lowest BCUT2D eigenvalue weighted by atomic mass is 10.2. The zero-order chi connectivity index (χ0) is 15.7. The molecule has 1 rings (SSSR count). The first kappa shape index (κ1) is 17.7. The van der Waals surface area contributed by atoms with Crippen LogP contribution in [0.5, 0.6) is 5.75 Å². The Balaban J connectivity index is 2.67. The molecule has 0 N–H and O–H groups in total. The first-order valence-corrected chi connectivity index (χ1v) is 7.48. The van der Waals surface area contributed by atoms with E-state index in [1.165, 1.54) is 0 Å². The van der Waals surface area contributed by atoms with Crippen molar-refractivity contribution in [1.29, 1.82) is 0 Å². The Hall–Kier alpha value is -1.36. The molecule has 0 spiro atoms. The summed E-state index contributed by atoms with van der Waals surface area (Å²) in [5.41, 5.74) is 0.351. The van der Waals surface area contributed by atoms with E-state index >= 15 is 0 Å². The molecule has 0 bridgehead atoms. The van der Waals surface area contributed by atoms with E-state index in [0.717, 1.165) is 17.7 Å². The van der Waals surface area contributed by atoms with Gasteiger partial charge in [0, 0.05) is 18.0 Å². The Morgan fingerprint density at radius 2 is 2.00 bits per heavy atom. The van der Waals surface area contributed by atoms with Gasteiger partial charge in [0.05, 0.1) is 13.2 Å². The normalized spacial score (nSPS) is 10.7. The number of ether oxygens (including phenoxy) is 1. The molecule has 0 aromatic heterocycles. The molecule has 0 aliphatic rings. The highest BCUT2D eigenvalue weighted by atomic mass is 35.5. The van der Waals surface area contributed by atoms with E-state index in [0.29, 0.717) is 17.9 Å². The molecule has 0 aliphatic carbocycles. The summed E-state index contributed by atoms with van der Waals surface area (Å²) < 4.78 is 30.4. The van der Waals surface area contributed by atoms with E-state index in [9.17, 15) is 13.6 Å². The van der Waals surface area contributed by atoms with E-state index in [1.54, 1.807) is 24.3 Å². The highest BCUT2D eigenvalue weighted by molar-refractivity contribution is 6.18. The van der Waals surface area contributed by atoms with Crippen LogP contribution in [0.2, 0.25) is 0 Å². The molecule has 0 aliphatic heterocycles. The van der Waals surface area contributed by atoms with Gasteiger partial charge in [0.2, 0.25) is 0 Å². The van der Waals surface area contributed by atoms with Gasteiger partial charge >= 0.3 is 0 Å². The summed E-state index contributed by atoms with van der Waals surface area (Å²) in [6, 6.07) is 6.50. The van der Waals surface area contributed by atoms with Crippen LogP contribution in [0.4, 0.5) is 8.78 Å². The van der Waals surface area contributed by atoms with Crippen LogP contribution in [-0.2, 0) is 0 Å². The summed E-state index contributed by atoms with van der Waals surface area (Å²) >= 11 is 5.55. The summed E-state index contributed by atoms with van der Waals surface area (Å²) in [5.74, 6) is 0.338. The smallest absolute Gasteiger partial charge is 0.255 e. The van der Waals surface area contributed by atoms with Gasteiger partial charge in [-0.1, -0.05) is 13.3 Å². The number of benzene rings is 1. The standard InChI is InChI=1S/C15H20ClF2NO2/c1-2-3-10-21-13-6-4-12(5-7-13)15(20)19(9-8-16)11-14(17)18/h4-7,14H,2-3,8-11H2,1H3. The molecule has 3 nitrogen and oxygen atoms in total. The van der Waals surface area contributed by atoms with Gasteiger partial charge in [0.1, 0.15) is 5.75 Å². The molecule has 1 aromatic rings. The van der Waals surface area contributed by atoms with Gasteiger partial charge in [0.25, 0.3) is 12.3 Å². The number of rotatable bonds is 9. The van der Waals surface area contributed by atoms with E-state index < -0.39 is 18.9 Å². The van der Waals surface area contributed by atoms with E-state index in [1.807, 2.05) is 0 Å². The number of carbonyl (C=O) groups is 1. The van der Waals surface area contributed by atoms with Crippen molar-refractivity contribution in [1.82, 2.24) is 4.90 Å². The quantitative estimate of drug-likeness (QED) is 0.511. The maximum absolute atomic E-state index is 12.5. The number of amides is 1. The van der Waals surface area contributed by atoms with Crippen LogP contribution in [0.3, 0.4) is 0 Å². The molecule has 6 heteroatoms. The van der Waals surface area contributed by atoms with Crippen LogP contribution < -0.4 is 4.74 Å². The summed E-state index contributed by atoms with van der Waals surface area (Å²) in [7, 11) is 0. The minimum atomic E-state index is -2.58. The van der Waals surface area contributed by atoms with Crippen molar-refractivity contribution in [3.8, 4) is 5.75 Å². The fraction of sp³-hybridized carbons (Fsp3) is 0.533. The number of hydrogen-bond acceptors (Lipinski definition) is 2. The fourth-order valence-electron chi connectivity index (χ4n) is 1.76. The predicted molar refractivity (Wildman–Crippen MR) is 79.5 cm³/mol. The Bertz CT molecular complexity index is 426. The van der Waals surface area contributed by atoms with Gasteiger partial charge in [-0.25, -0.2) is 8.78 Å². The number of halogens is 3. The molecule has 1 amide bonds. The van der Waals surface area contributed by atoms with E-state index in [-0.39, 0.29) is 12.4 Å². The van der Waals surface area contributed by atoms with Crippen molar-refractivity contribution in [3.63, 3.8) is 0 Å². The average Bonchev–Trinajstić information content (AvgIpc) is 2.47. The Kier molecular flexibility index (Phi) is 8.05. The molecule has 0 saturated heterocycles. The molecule has 0 fully saturated rings. The number of unbranched alkanes of at least 4 members (excludes halogenated alkanes) is 1. The molecule has 21 heavy (non-hydrogen) atoms. The number of nitrogens with zero attached hydrogens (tertiary/aromatic N) is 1. The van der Waals surface area contributed by atoms with Gasteiger partial charge in [-0.2, -0.15) is 0 Å². The monoisotopic (exact) mass is 319 g/mol. The van der Waals surface area contributed by atoms with E-state index in [4.69, 9.17) is 16.3 Å². The van der Waals surface area contributed by atoms with Crippen molar-refractivity contribution < 1.29 is 18.3 Å². The maximum atomic E-state index is 12.5. The van der Waals surface area contributed by atoms with Crippen molar-refractivity contribution in [2.75, 3.05) is 25.6 Å². The van der Waals surface area contributed by atoms with Crippen molar-refractivity contribution in [3.05, 3.63) is 29.8 Å². The first-order chi connectivity index (χ1) is 10.1. The molecule has 0 saturated carbocycles. The zero-order valence-electron chi connectivity index (χ0n) is 12.0. The summed E-state index contributed by atoms with van der Waals surface area (Å²) in [4.78, 5) is 13.2. The summed E-state index contributed by atoms with van der Waals surface area (Å²) in [5, 5.41) is 0. The topological polar surface area (TPSA) is 29.5 Å². The maximum Gasteiger partial charge on any atom is 0.255 e. The Morgan fingerprint density at radius 1 is 1.33 bits per heavy atom. The van der Waals surface area contributed by atoms with Crippen molar-refractivity contribution in [2.24, 2.45) is 0 Å². The summed E-state index contributed by atoms with van der Waals surface area (Å²) in [6.07, 6.45) is -0.579. The SMILES string of the molecule is CCCCOc1ccc(C(=O)N(CCCl)CC(F)F)cc1. The number of alkyl halides is 3. The molecule has 0 unspecified atom stereocenters. The lowest BCUT2D eigenvalue weighted by molar-refractivity contribution is 0.0571. The minimum Gasteiger partial charge on any atom is -0.494 e. The fourth-order valence-corrected chi connectivity index (χ4v) is 1.96. The van der Waals surface area contributed by atoms with Gasteiger partial charge in [-0.05, 0) is 30.7 Å². The van der Waals surface area contributed by atoms with Crippen LogP contribution in [0.15, 0.2) is 24.3 Å². The van der Waals surface area contributed by atoms with Crippen molar-refractivity contribution >= 4 is 17.5 Å².